The van der Waals surface area contributed by atoms with Crippen LogP contribution in [0.4, 0.5) is 0 Å². The van der Waals surface area contributed by atoms with E-state index < -0.39 is 11.4 Å². The van der Waals surface area contributed by atoms with Gasteiger partial charge in [0.2, 0.25) is 0 Å². The molecule has 0 fully saturated rings. The second kappa shape index (κ2) is 8.15. The number of aryl methyl sites for hydroxylation is 2. The Morgan fingerprint density at radius 2 is 1.59 bits per heavy atom. The van der Waals surface area contributed by atoms with Crippen LogP contribution in [0.25, 0.3) is 0 Å². The summed E-state index contributed by atoms with van der Waals surface area (Å²) in [6.07, 6.45) is -0.0258. The number of primary amides is 1. The molecule has 0 saturated heterocycles. The van der Waals surface area contributed by atoms with E-state index in [0.29, 0.717) is 16.9 Å². The lowest BCUT2D eigenvalue weighted by Gasteiger charge is -2.39. The Morgan fingerprint density at radius 1 is 0.969 bits per heavy atom. The Kier molecular flexibility index (Phi) is 5.51. The van der Waals surface area contributed by atoms with Crippen LogP contribution in [-0.2, 0) is 16.9 Å². The highest BCUT2D eigenvalue weighted by atomic mass is 16.5. The maximum Gasteiger partial charge on any atom is 0.255 e. The molecule has 0 aliphatic carbocycles. The zero-order chi connectivity index (χ0) is 23.0. The van der Waals surface area contributed by atoms with Crippen molar-refractivity contribution < 1.29 is 14.3 Å². The van der Waals surface area contributed by atoms with Crippen molar-refractivity contribution in [3.63, 3.8) is 0 Å². The maximum absolute atomic E-state index is 13.7. The fourth-order valence-electron chi connectivity index (χ4n) is 4.84. The van der Waals surface area contributed by atoms with Gasteiger partial charge in [-0.05, 0) is 56.5 Å². The van der Waals surface area contributed by atoms with Crippen LogP contribution in [0.2, 0.25) is 0 Å². The average molecular weight is 429 g/mol. The van der Waals surface area contributed by atoms with Crippen LogP contribution in [-0.4, -0.2) is 22.8 Å². The molecule has 2 N–H and O–H groups in total. The number of carbonyl (C=O) groups excluding carboxylic acids is 2. The van der Waals surface area contributed by atoms with Gasteiger partial charge in [0.25, 0.3) is 11.8 Å². The molecule has 1 heterocycles. The molecule has 0 unspecified atom stereocenters. The summed E-state index contributed by atoms with van der Waals surface area (Å²) in [6.45, 7) is 8.00. The highest BCUT2D eigenvalue weighted by Gasteiger charge is 2.56. The SMILES string of the molecule is Cc1cccc(C)c1[C@@]1(C(N)=O)c2ccccc2C(=O)N1Cc1ccccc1OC(C)C. The molecule has 0 saturated carbocycles. The van der Waals surface area contributed by atoms with Gasteiger partial charge in [0.15, 0.2) is 5.54 Å². The number of hydrogen-bond donors (Lipinski definition) is 1. The molecule has 0 aromatic heterocycles. The summed E-state index contributed by atoms with van der Waals surface area (Å²) >= 11 is 0. The van der Waals surface area contributed by atoms with E-state index in [9.17, 15) is 9.59 Å². The van der Waals surface area contributed by atoms with Crippen LogP contribution in [0.15, 0.2) is 66.7 Å². The van der Waals surface area contributed by atoms with Gasteiger partial charge in [-0.1, -0.05) is 54.6 Å². The summed E-state index contributed by atoms with van der Waals surface area (Å²) < 4.78 is 6.00. The molecular formula is C27H28N2O3. The first-order valence-corrected chi connectivity index (χ1v) is 10.8. The second-order valence-electron chi connectivity index (χ2n) is 8.55. The molecule has 1 aliphatic rings. The van der Waals surface area contributed by atoms with Crippen molar-refractivity contribution in [3.8, 4) is 5.75 Å². The first-order valence-electron chi connectivity index (χ1n) is 10.8. The standard InChI is InChI=1S/C27H28N2O3/c1-17(2)32-23-15-8-5-12-20(23)16-29-25(30)21-13-6-7-14-22(21)27(29,26(28)31)24-18(3)10-9-11-19(24)4/h5-15,17H,16H2,1-4H3,(H2,28,31)/t27-/m1/s1. The first kappa shape index (κ1) is 21.6. The summed E-state index contributed by atoms with van der Waals surface area (Å²) in [4.78, 5) is 28.7. The van der Waals surface area contributed by atoms with Crippen LogP contribution in [0.5, 0.6) is 5.75 Å². The lowest BCUT2D eigenvalue weighted by molar-refractivity contribution is -0.126. The van der Waals surface area contributed by atoms with Crippen molar-refractivity contribution in [1.29, 1.82) is 0 Å². The predicted molar refractivity (Wildman–Crippen MR) is 124 cm³/mol. The van der Waals surface area contributed by atoms with Crippen molar-refractivity contribution in [2.24, 2.45) is 5.73 Å². The molecule has 4 rings (SSSR count). The third kappa shape index (κ3) is 3.25. The number of carbonyl (C=O) groups is 2. The quantitative estimate of drug-likeness (QED) is 0.629. The molecule has 3 aromatic carbocycles. The fourth-order valence-corrected chi connectivity index (χ4v) is 4.84. The largest absolute Gasteiger partial charge is 0.491 e. The number of nitrogens with two attached hydrogens (primary N) is 1. The van der Waals surface area contributed by atoms with E-state index in [4.69, 9.17) is 10.5 Å². The van der Waals surface area contributed by atoms with Crippen molar-refractivity contribution in [3.05, 3.63) is 100 Å². The molecule has 164 valence electrons. The number of nitrogens with zero attached hydrogens (tertiary/aromatic N) is 1. The summed E-state index contributed by atoms with van der Waals surface area (Å²) in [5.41, 5.74) is 9.28. The van der Waals surface area contributed by atoms with Gasteiger partial charge in [0.05, 0.1) is 12.6 Å². The Hall–Kier alpha value is -3.60. The molecule has 3 aromatic rings. The summed E-state index contributed by atoms with van der Waals surface area (Å²) in [6, 6.07) is 20.7. The molecule has 1 atom stereocenters. The third-order valence-corrected chi connectivity index (χ3v) is 6.06. The van der Waals surface area contributed by atoms with Gasteiger partial charge in [-0.25, -0.2) is 0 Å². The van der Waals surface area contributed by atoms with Gasteiger partial charge >= 0.3 is 0 Å². The van der Waals surface area contributed by atoms with Gasteiger partial charge < -0.3 is 15.4 Å². The lowest BCUT2D eigenvalue weighted by atomic mass is 9.77. The topological polar surface area (TPSA) is 72.6 Å². The van der Waals surface area contributed by atoms with E-state index in [2.05, 4.69) is 0 Å². The first-order chi connectivity index (χ1) is 15.3. The number of ether oxygens (including phenoxy) is 1. The maximum atomic E-state index is 13.7. The fraction of sp³-hybridized carbons (Fsp3) is 0.259. The normalized spacial score (nSPS) is 17.5. The number of fused-ring (bicyclic) bond motifs is 1. The van der Waals surface area contributed by atoms with Gasteiger partial charge in [-0.2, -0.15) is 0 Å². The van der Waals surface area contributed by atoms with Crippen LogP contribution in [0, 0.1) is 13.8 Å². The van der Waals surface area contributed by atoms with Crippen molar-refractivity contribution in [1.82, 2.24) is 4.90 Å². The average Bonchev–Trinajstić information content (AvgIpc) is 2.99. The van der Waals surface area contributed by atoms with E-state index in [1.807, 2.05) is 88.4 Å². The minimum absolute atomic E-state index is 0.0258. The van der Waals surface area contributed by atoms with Crippen LogP contribution < -0.4 is 10.5 Å². The smallest absolute Gasteiger partial charge is 0.255 e. The minimum Gasteiger partial charge on any atom is -0.491 e. The number of benzene rings is 3. The van der Waals surface area contributed by atoms with Crippen LogP contribution in [0.1, 0.15) is 52.0 Å². The molecule has 1 aliphatic heterocycles. The van der Waals surface area contributed by atoms with E-state index in [0.717, 1.165) is 22.3 Å². The molecule has 0 spiro atoms. The number of para-hydroxylation sites is 1. The number of amides is 2. The molecular weight excluding hydrogens is 400 g/mol. The zero-order valence-electron chi connectivity index (χ0n) is 18.9. The van der Waals surface area contributed by atoms with E-state index >= 15 is 0 Å². The van der Waals surface area contributed by atoms with Gasteiger partial charge in [-0.15, -0.1) is 0 Å². The lowest BCUT2D eigenvalue weighted by Crippen LogP contribution is -2.54. The number of hydrogen-bond acceptors (Lipinski definition) is 3. The van der Waals surface area contributed by atoms with E-state index in [-0.39, 0.29) is 18.6 Å². The highest BCUT2D eigenvalue weighted by molar-refractivity contribution is 6.08. The predicted octanol–water partition coefficient (Wildman–Crippen LogP) is 4.48. The van der Waals surface area contributed by atoms with Gasteiger partial charge in [0, 0.05) is 16.7 Å². The van der Waals surface area contributed by atoms with Gasteiger partial charge in [0.1, 0.15) is 5.75 Å². The Bertz CT molecular complexity index is 1180. The van der Waals surface area contributed by atoms with Crippen molar-refractivity contribution in [2.45, 2.75) is 45.9 Å². The highest BCUT2D eigenvalue weighted by Crippen LogP contribution is 2.47. The molecule has 0 bridgehead atoms. The number of rotatable bonds is 6. The molecule has 5 heteroatoms. The summed E-state index contributed by atoms with van der Waals surface area (Å²) in [5, 5.41) is 0. The van der Waals surface area contributed by atoms with Crippen molar-refractivity contribution >= 4 is 11.8 Å². The Balaban J connectivity index is 1.98. The summed E-state index contributed by atoms with van der Waals surface area (Å²) in [7, 11) is 0. The van der Waals surface area contributed by atoms with Gasteiger partial charge in [-0.3, -0.25) is 9.59 Å². The van der Waals surface area contributed by atoms with Crippen molar-refractivity contribution in [2.75, 3.05) is 0 Å². The molecule has 5 nitrogen and oxygen atoms in total. The van der Waals surface area contributed by atoms with Crippen LogP contribution in [0.3, 0.4) is 0 Å². The van der Waals surface area contributed by atoms with E-state index in [1.54, 1.807) is 11.0 Å². The minimum atomic E-state index is -1.41. The second-order valence-corrected chi connectivity index (χ2v) is 8.55. The Labute approximate surface area is 188 Å². The zero-order valence-corrected chi connectivity index (χ0v) is 18.9. The third-order valence-electron chi connectivity index (χ3n) is 6.06. The van der Waals surface area contributed by atoms with E-state index in [1.165, 1.54) is 0 Å². The van der Waals surface area contributed by atoms with Crippen LogP contribution >= 0.6 is 0 Å². The Morgan fingerprint density at radius 3 is 2.25 bits per heavy atom. The monoisotopic (exact) mass is 428 g/mol. The molecule has 2 amide bonds. The summed E-state index contributed by atoms with van der Waals surface area (Å²) in [5.74, 6) is -0.108. The molecule has 0 radical (unpaired) electrons. The molecule has 32 heavy (non-hydrogen) atoms.